The third kappa shape index (κ3) is 5.04. The Kier molecular flexibility index (Phi) is 6.59. The molecule has 0 saturated heterocycles. The summed E-state index contributed by atoms with van der Waals surface area (Å²) in [4.78, 5) is 0. The fourth-order valence-corrected chi connectivity index (χ4v) is 3.01. The van der Waals surface area contributed by atoms with Crippen LogP contribution >= 0.6 is 28.1 Å². The van der Waals surface area contributed by atoms with Gasteiger partial charge in [-0.05, 0) is 61.4 Å². The Morgan fingerprint density at radius 3 is 2.74 bits per heavy atom. The third-order valence-corrected chi connectivity index (χ3v) is 4.50. The summed E-state index contributed by atoms with van der Waals surface area (Å²) in [5, 5.41) is 15.9. The van der Waals surface area contributed by atoms with Crippen molar-refractivity contribution in [3.05, 3.63) is 33.8 Å². The molecule has 2 aromatic rings. The van der Waals surface area contributed by atoms with Gasteiger partial charge in [0.15, 0.2) is 5.11 Å². The maximum absolute atomic E-state index is 5.32. The van der Waals surface area contributed by atoms with Gasteiger partial charge in [-0.25, -0.2) is 0 Å². The van der Waals surface area contributed by atoms with Gasteiger partial charge in [0.05, 0.1) is 28.6 Å². The number of aryl methyl sites for hydroxylation is 4. The minimum Gasteiger partial charge on any atom is -0.363 e. The molecule has 0 atom stereocenters. The predicted octanol–water partition coefficient (Wildman–Crippen LogP) is 2.53. The lowest BCUT2D eigenvalue weighted by atomic mass is 10.4. The minimum atomic E-state index is 0.651. The van der Waals surface area contributed by atoms with E-state index in [2.05, 4.69) is 56.7 Å². The van der Waals surface area contributed by atoms with Crippen LogP contribution in [-0.2, 0) is 19.6 Å². The van der Waals surface area contributed by atoms with Crippen molar-refractivity contribution in [2.75, 3.05) is 6.54 Å². The van der Waals surface area contributed by atoms with Crippen LogP contribution in [0.15, 0.2) is 16.7 Å². The molecule has 2 heterocycles. The fraction of sp³-hybridized carbons (Fsp3) is 0.533. The number of nitrogens with zero attached hydrogens (tertiary/aromatic N) is 4. The average molecular weight is 399 g/mol. The number of hydrogen-bond acceptors (Lipinski definition) is 3. The first kappa shape index (κ1) is 17.9. The van der Waals surface area contributed by atoms with Crippen molar-refractivity contribution in [2.24, 2.45) is 0 Å². The normalized spacial score (nSPS) is 10.8. The Bertz CT molecular complexity index is 663. The second-order valence-electron chi connectivity index (χ2n) is 5.37. The number of aromatic nitrogens is 4. The Balaban J connectivity index is 1.69. The molecule has 0 fully saturated rings. The highest BCUT2D eigenvalue weighted by atomic mass is 79.9. The summed E-state index contributed by atoms with van der Waals surface area (Å²) < 4.78 is 4.98. The standard InChI is InChI=1S/C15H23BrN6S/c1-4-21-14(13(16)9-19-21)10-18-15(23)17-6-5-7-22-12(3)8-11(2)20-22/h8-9H,4-7,10H2,1-3H3,(H2,17,18,23). The molecular weight excluding hydrogens is 376 g/mol. The lowest BCUT2D eigenvalue weighted by Gasteiger charge is -2.12. The van der Waals surface area contributed by atoms with E-state index in [1.165, 1.54) is 5.69 Å². The minimum absolute atomic E-state index is 0.651. The lowest BCUT2D eigenvalue weighted by Crippen LogP contribution is -2.36. The Labute approximate surface area is 150 Å². The second-order valence-corrected chi connectivity index (χ2v) is 6.63. The van der Waals surface area contributed by atoms with Crippen LogP contribution in [0.4, 0.5) is 0 Å². The van der Waals surface area contributed by atoms with Crippen molar-refractivity contribution < 1.29 is 0 Å². The molecule has 2 rings (SSSR count). The van der Waals surface area contributed by atoms with Gasteiger partial charge in [0, 0.05) is 25.3 Å². The highest BCUT2D eigenvalue weighted by Gasteiger charge is 2.07. The molecule has 126 valence electrons. The summed E-state index contributed by atoms with van der Waals surface area (Å²) >= 11 is 8.83. The van der Waals surface area contributed by atoms with Crippen molar-refractivity contribution in [3.8, 4) is 0 Å². The van der Waals surface area contributed by atoms with E-state index in [0.717, 1.165) is 41.9 Å². The summed E-state index contributed by atoms with van der Waals surface area (Å²) in [7, 11) is 0. The zero-order valence-electron chi connectivity index (χ0n) is 13.8. The molecule has 0 aromatic carbocycles. The average Bonchev–Trinajstić information content (AvgIpc) is 3.03. The molecule has 2 aromatic heterocycles. The zero-order valence-corrected chi connectivity index (χ0v) is 16.2. The van der Waals surface area contributed by atoms with E-state index in [4.69, 9.17) is 12.2 Å². The molecule has 0 unspecified atom stereocenters. The van der Waals surface area contributed by atoms with E-state index in [9.17, 15) is 0 Å². The SMILES string of the molecule is CCn1ncc(Br)c1CNC(=S)NCCCn1nc(C)cc1C. The van der Waals surface area contributed by atoms with Crippen molar-refractivity contribution in [3.63, 3.8) is 0 Å². The Morgan fingerprint density at radius 2 is 2.09 bits per heavy atom. The van der Waals surface area contributed by atoms with Crippen LogP contribution in [0, 0.1) is 13.8 Å². The van der Waals surface area contributed by atoms with E-state index in [-0.39, 0.29) is 0 Å². The first-order valence-corrected chi connectivity index (χ1v) is 8.94. The van der Waals surface area contributed by atoms with Crippen LogP contribution in [-0.4, -0.2) is 31.2 Å². The van der Waals surface area contributed by atoms with Gasteiger partial charge in [0.25, 0.3) is 0 Å². The quantitative estimate of drug-likeness (QED) is 0.554. The smallest absolute Gasteiger partial charge is 0.166 e. The first-order chi connectivity index (χ1) is 11.0. The third-order valence-electron chi connectivity index (χ3n) is 3.55. The highest BCUT2D eigenvalue weighted by Crippen LogP contribution is 2.15. The van der Waals surface area contributed by atoms with Gasteiger partial charge in [-0.15, -0.1) is 0 Å². The molecule has 0 aliphatic rings. The monoisotopic (exact) mass is 398 g/mol. The van der Waals surface area contributed by atoms with Gasteiger partial charge in [-0.2, -0.15) is 10.2 Å². The summed E-state index contributed by atoms with van der Waals surface area (Å²) in [5.74, 6) is 0. The fourth-order valence-electron chi connectivity index (χ4n) is 2.39. The molecule has 6 nitrogen and oxygen atoms in total. The van der Waals surface area contributed by atoms with Crippen molar-refractivity contribution in [2.45, 2.75) is 46.8 Å². The van der Waals surface area contributed by atoms with Crippen LogP contribution < -0.4 is 10.6 Å². The van der Waals surface area contributed by atoms with Crippen molar-refractivity contribution in [1.82, 2.24) is 30.2 Å². The molecular formula is C15H23BrN6S. The van der Waals surface area contributed by atoms with Crippen LogP contribution in [0.2, 0.25) is 0 Å². The number of thiocarbonyl (C=S) groups is 1. The van der Waals surface area contributed by atoms with Gasteiger partial charge < -0.3 is 10.6 Å². The summed E-state index contributed by atoms with van der Waals surface area (Å²) in [6.07, 6.45) is 2.78. The maximum atomic E-state index is 5.32. The molecule has 0 saturated carbocycles. The lowest BCUT2D eigenvalue weighted by molar-refractivity contribution is 0.555. The van der Waals surface area contributed by atoms with Gasteiger partial charge in [-0.1, -0.05) is 0 Å². The molecule has 0 amide bonds. The number of rotatable bonds is 7. The van der Waals surface area contributed by atoms with Crippen molar-refractivity contribution >= 4 is 33.3 Å². The summed E-state index contributed by atoms with van der Waals surface area (Å²) in [6.45, 7) is 9.36. The molecule has 0 aliphatic heterocycles. The molecule has 0 aliphatic carbocycles. The molecule has 0 radical (unpaired) electrons. The van der Waals surface area contributed by atoms with E-state index in [1.54, 1.807) is 0 Å². The van der Waals surface area contributed by atoms with E-state index < -0.39 is 0 Å². The van der Waals surface area contributed by atoms with Crippen LogP contribution in [0.25, 0.3) is 0 Å². The zero-order chi connectivity index (χ0) is 16.8. The van der Waals surface area contributed by atoms with Crippen LogP contribution in [0.5, 0.6) is 0 Å². The number of nitrogens with one attached hydrogen (secondary N) is 2. The summed E-state index contributed by atoms with van der Waals surface area (Å²) in [5.41, 5.74) is 3.35. The second kappa shape index (κ2) is 8.44. The predicted molar refractivity (Wildman–Crippen MR) is 99.4 cm³/mol. The number of hydrogen-bond donors (Lipinski definition) is 2. The molecule has 8 heteroatoms. The van der Waals surface area contributed by atoms with E-state index in [0.29, 0.717) is 11.7 Å². The Hall–Kier alpha value is -1.41. The first-order valence-electron chi connectivity index (χ1n) is 7.74. The van der Waals surface area contributed by atoms with E-state index >= 15 is 0 Å². The highest BCUT2D eigenvalue weighted by molar-refractivity contribution is 9.10. The molecule has 0 bridgehead atoms. The molecule has 2 N–H and O–H groups in total. The molecule has 23 heavy (non-hydrogen) atoms. The van der Waals surface area contributed by atoms with Crippen molar-refractivity contribution in [1.29, 1.82) is 0 Å². The molecule has 0 spiro atoms. The van der Waals surface area contributed by atoms with Crippen LogP contribution in [0.1, 0.15) is 30.4 Å². The largest absolute Gasteiger partial charge is 0.363 e. The maximum Gasteiger partial charge on any atom is 0.166 e. The van der Waals surface area contributed by atoms with Crippen LogP contribution in [0.3, 0.4) is 0 Å². The topological polar surface area (TPSA) is 59.7 Å². The van der Waals surface area contributed by atoms with E-state index in [1.807, 2.05) is 22.5 Å². The van der Waals surface area contributed by atoms with Gasteiger partial charge >= 0.3 is 0 Å². The number of halogens is 1. The Morgan fingerprint density at radius 1 is 1.30 bits per heavy atom. The summed E-state index contributed by atoms with van der Waals surface area (Å²) in [6, 6.07) is 2.09. The van der Waals surface area contributed by atoms with Gasteiger partial charge in [0.2, 0.25) is 0 Å². The van der Waals surface area contributed by atoms with Gasteiger partial charge in [-0.3, -0.25) is 9.36 Å². The van der Waals surface area contributed by atoms with Gasteiger partial charge in [0.1, 0.15) is 0 Å².